The summed E-state index contributed by atoms with van der Waals surface area (Å²) in [7, 11) is 0. The topological polar surface area (TPSA) is 78.4 Å². The molecule has 1 unspecified atom stereocenters. The highest BCUT2D eigenvalue weighted by Gasteiger charge is 2.45. The van der Waals surface area contributed by atoms with Crippen LogP contribution in [0.5, 0.6) is 0 Å². The molecule has 0 aliphatic carbocycles. The molecule has 0 saturated carbocycles. The van der Waals surface area contributed by atoms with E-state index in [1.54, 1.807) is 13.8 Å². The number of carboxylic acid groups (broad SMARTS) is 1. The van der Waals surface area contributed by atoms with Gasteiger partial charge in [-0.15, -0.1) is 0 Å². The maximum atomic E-state index is 12.6. The molecular weight excluding hydrogens is 244 g/mol. The van der Waals surface area contributed by atoms with Gasteiger partial charge in [-0.1, -0.05) is 27.2 Å². The average Bonchev–Trinajstić information content (AvgIpc) is 2.85. The van der Waals surface area contributed by atoms with Crippen molar-refractivity contribution in [2.75, 3.05) is 6.54 Å². The van der Waals surface area contributed by atoms with Crippen LogP contribution in [-0.4, -0.2) is 34.6 Å². The van der Waals surface area contributed by atoms with Crippen molar-refractivity contribution in [1.82, 2.24) is 10.6 Å². The van der Waals surface area contributed by atoms with Crippen molar-refractivity contribution in [2.45, 2.75) is 70.4 Å². The standard InChI is InChI=1S/C14H26N2O3/c1-4-8-14(9-7-10-15-14)11(17)16-13(5-2,6-3)12(18)19/h15H,4-10H2,1-3H3,(H,16,17)(H,18,19). The van der Waals surface area contributed by atoms with E-state index in [0.717, 1.165) is 32.2 Å². The normalized spacial score (nSPS) is 23.3. The van der Waals surface area contributed by atoms with Crippen LogP contribution in [0.4, 0.5) is 0 Å². The molecule has 1 aliphatic rings. The number of carbonyl (C=O) groups excluding carboxylic acids is 1. The molecule has 110 valence electrons. The fourth-order valence-electron chi connectivity index (χ4n) is 2.87. The number of carboxylic acids is 1. The van der Waals surface area contributed by atoms with E-state index in [1.807, 2.05) is 6.92 Å². The van der Waals surface area contributed by atoms with Crippen LogP contribution >= 0.6 is 0 Å². The fraction of sp³-hybridized carbons (Fsp3) is 0.857. The molecule has 0 aromatic heterocycles. The van der Waals surface area contributed by atoms with Crippen LogP contribution in [0.1, 0.15) is 59.3 Å². The zero-order valence-electron chi connectivity index (χ0n) is 12.2. The first-order valence-electron chi connectivity index (χ1n) is 7.27. The summed E-state index contributed by atoms with van der Waals surface area (Å²) in [5, 5.41) is 15.5. The van der Waals surface area contributed by atoms with Crippen LogP contribution in [0.2, 0.25) is 0 Å². The van der Waals surface area contributed by atoms with E-state index in [9.17, 15) is 14.7 Å². The van der Waals surface area contributed by atoms with Crippen LogP contribution in [-0.2, 0) is 9.59 Å². The van der Waals surface area contributed by atoms with Crippen LogP contribution in [0.15, 0.2) is 0 Å². The lowest BCUT2D eigenvalue weighted by atomic mass is 9.87. The Labute approximate surface area is 115 Å². The lowest BCUT2D eigenvalue weighted by molar-refractivity contribution is -0.149. The van der Waals surface area contributed by atoms with Gasteiger partial charge in [-0.25, -0.2) is 4.79 Å². The lowest BCUT2D eigenvalue weighted by Gasteiger charge is -2.35. The minimum atomic E-state index is -1.14. The van der Waals surface area contributed by atoms with Gasteiger partial charge in [0.2, 0.25) is 5.91 Å². The third-order valence-electron chi connectivity index (χ3n) is 4.32. The number of nitrogens with one attached hydrogen (secondary N) is 2. The third-order valence-corrected chi connectivity index (χ3v) is 4.32. The smallest absolute Gasteiger partial charge is 0.329 e. The SMILES string of the molecule is CCCC1(C(=O)NC(CC)(CC)C(=O)O)CCCN1. The Hall–Kier alpha value is -1.10. The van der Waals surface area contributed by atoms with Crippen molar-refractivity contribution in [2.24, 2.45) is 0 Å². The molecule has 1 aliphatic heterocycles. The summed E-state index contributed by atoms with van der Waals surface area (Å²) in [5.41, 5.74) is -1.71. The van der Waals surface area contributed by atoms with Crippen LogP contribution < -0.4 is 10.6 Å². The van der Waals surface area contributed by atoms with Crippen molar-refractivity contribution < 1.29 is 14.7 Å². The predicted octanol–water partition coefficient (Wildman–Crippen LogP) is 1.67. The summed E-state index contributed by atoms with van der Waals surface area (Å²) < 4.78 is 0. The van der Waals surface area contributed by atoms with E-state index in [0.29, 0.717) is 12.8 Å². The monoisotopic (exact) mass is 270 g/mol. The Morgan fingerprint density at radius 1 is 1.32 bits per heavy atom. The third kappa shape index (κ3) is 3.08. The Bertz CT molecular complexity index is 332. The first-order valence-corrected chi connectivity index (χ1v) is 7.27. The second-order valence-electron chi connectivity index (χ2n) is 5.41. The summed E-state index contributed by atoms with van der Waals surface area (Å²) in [6.07, 6.45) is 4.20. The average molecular weight is 270 g/mol. The quantitative estimate of drug-likeness (QED) is 0.657. The van der Waals surface area contributed by atoms with Gasteiger partial charge in [0.1, 0.15) is 5.54 Å². The van der Waals surface area contributed by atoms with Crippen LogP contribution in [0, 0.1) is 0 Å². The first-order chi connectivity index (χ1) is 8.96. The molecular formula is C14H26N2O3. The van der Waals surface area contributed by atoms with Gasteiger partial charge < -0.3 is 15.7 Å². The highest BCUT2D eigenvalue weighted by atomic mass is 16.4. The minimum absolute atomic E-state index is 0.155. The zero-order valence-corrected chi connectivity index (χ0v) is 12.2. The van der Waals surface area contributed by atoms with Gasteiger partial charge in [-0.05, 0) is 38.6 Å². The number of aliphatic carboxylic acids is 1. The van der Waals surface area contributed by atoms with E-state index >= 15 is 0 Å². The number of rotatable bonds is 7. The number of hydrogen-bond donors (Lipinski definition) is 3. The van der Waals surface area contributed by atoms with E-state index < -0.39 is 17.0 Å². The maximum Gasteiger partial charge on any atom is 0.329 e. The van der Waals surface area contributed by atoms with Crippen molar-refractivity contribution >= 4 is 11.9 Å². The van der Waals surface area contributed by atoms with Crippen molar-refractivity contribution in [3.05, 3.63) is 0 Å². The second-order valence-corrected chi connectivity index (χ2v) is 5.41. The van der Waals surface area contributed by atoms with E-state index in [2.05, 4.69) is 10.6 Å². The molecule has 1 atom stereocenters. The molecule has 19 heavy (non-hydrogen) atoms. The summed E-state index contributed by atoms with van der Waals surface area (Å²) in [5.74, 6) is -1.10. The largest absolute Gasteiger partial charge is 0.480 e. The molecule has 1 amide bonds. The van der Waals surface area contributed by atoms with Gasteiger partial charge in [0.05, 0.1) is 5.54 Å². The van der Waals surface area contributed by atoms with Crippen LogP contribution in [0.3, 0.4) is 0 Å². The summed E-state index contributed by atoms with van der Waals surface area (Å²) in [4.78, 5) is 24.0. The van der Waals surface area contributed by atoms with Gasteiger partial charge in [-0.2, -0.15) is 0 Å². The Kier molecular flexibility index (Phi) is 5.35. The zero-order chi connectivity index (χ0) is 14.5. The van der Waals surface area contributed by atoms with E-state index in [1.165, 1.54) is 0 Å². The van der Waals surface area contributed by atoms with Gasteiger partial charge in [0.15, 0.2) is 0 Å². The number of hydrogen-bond acceptors (Lipinski definition) is 3. The van der Waals surface area contributed by atoms with Gasteiger partial charge in [-0.3, -0.25) is 4.79 Å². The molecule has 0 aromatic carbocycles. The fourth-order valence-corrected chi connectivity index (χ4v) is 2.87. The molecule has 1 rings (SSSR count). The van der Waals surface area contributed by atoms with Gasteiger partial charge in [0.25, 0.3) is 0 Å². The predicted molar refractivity (Wildman–Crippen MR) is 74.0 cm³/mol. The first kappa shape index (κ1) is 16.0. The molecule has 5 nitrogen and oxygen atoms in total. The van der Waals surface area contributed by atoms with Gasteiger partial charge in [0, 0.05) is 0 Å². The number of amides is 1. The molecule has 5 heteroatoms. The maximum absolute atomic E-state index is 12.6. The van der Waals surface area contributed by atoms with Crippen LogP contribution in [0.25, 0.3) is 0 Å². The molecule has 0 radical (unpaired) electrons. The number of carbonyl (C=O) groups is 2. The summed E-state index contributed by atoms with van der Waals surface area (Å²) in [6, 6.07) is 0. The molecule has 0 spiro atoms. The Morgan fingerprint density at radius 2 is 1.95 bits per heavy atom. The second kappa shape index (κ2) is 6.37. The van der Waals surface area contributed by atoms with Gasteiger partial charge >= 0.3 is 5.97 Å². The van der Waals surface area contributed by atoms with Crippen molar-refractivity contribution in [3.63, 3.8) is 0 Å². The molecule has 3 N–H and O–H groups in total. The molecule has 0 aromatic rings. The Morgan fingerprint density at radius 3 is 2.32 bits per heavy atom. The molecule has 0 bridgehead atoms. The van der Waals surface area contributed by atoms with E-state index in [-0.39, 0.29) is 5.91 Å². The summed E-state index contributed by atoms with van der Waals surface area (Å²) >= 11 is 0. The highest BCUT2D eigenvalue weighted by Crippen LogP contribution is 2.27. The van der Waals surface area contributed by atoms with Crippen molar-refractivity contribution in [1.29, 1.82) is 0 Å². The van der Waals surface area contributed by atoms with E-state index in [4.69, 9.17) is 0 Å². The Balaban J connectivity index is 2.89. The van der Waals surface area contributed by atoms with Crippen molar-refractivity contribution in [3.8, 4) is 0 Å². The molecule has 1 fully saturated rings. The molecule has 1 heterocycles. The highest BCUT2D eigenvalue weighted by molar-refractivity contribution is 5.92. The minimum Gasteiger partial charge on any atom is -0.480 e. The lowest BCUT2D eigenvalue weighted by Crippen LogP contribution is -2.62. The summed E-state index contributed by atoms with van der Waals surface area (Å²) in [6.45, 7) is 6.46. The molecule has 1 saturated heterocycles.